The van der Waals surface area contributed by atoms with E-state index < -0.39 is 0 Å². The molecule has 0 spiro atoms. The van der Waals surface area contributed by atoms with Crippen molar-refractivity contribution in [3.8, 4) is 0 Å². The van der Waals surface area contributed by atoms with E-state index in [1.54, 1.807) is 12.8 Å². The molecule has 0 amide bonds. The van der Waals surface area contributed by atoms with Crippen molar-refractivity contribution < 1.29 is 0 Å². The Balaban J connectivity index is 0.0000000950. The van der Waals surface area contributed by atoms with Gasteiger partial charge in [-0.1, -0.05) is 0 Å². The van der Waals surface area contributed by atoms with E-state index in [0.717, 1.165) is 35.6 Å². The summed E-state index contributed by atoms with van der Waals surface area (Å²) >= 11 is 0. The predicted molar refractivity (Wildman–Crippen MR) is 69.8 cm³/mol. The van der Waals surface area contributed by atoms with Crippen LogP contribution in [0.3, 0.4) is 0 Å². The van der Waals surface area contributed by atoms with Crippen molar-refractivity contribution in [1.82, 2.24) is 10.6 Å². The Morgan fingerprint density at radius 1 is 0.706 bits per heavy atom. The zero-order valence-corrected chi connectivity index (χ0v) is 10.8. The number of piperidine rings is 1. The van der Waals surface area contributed by atoms with Gasteiger partial charge >= 0.3 is 0 Å². The van der Waals surface area contributed by atoms with E-state index >= 15 is 0 Å². The largest absolute Gasteiger partial charge is 0.316 e. The van der Waals surface area contributed by atoms with Crippen LogP contribution in [0.15, 0.2) is 0 Å². The summed E-state index contributed by atoms with van der Waals surface area (Å²) in [5, 5.41) is 6.99. The monoisotopic (exact) mass is 234 g/mol. The van der Waals surface area contributed by atoms with Crippen LogP contribution in [0.5, 0.6) is 0 Å². The van der Waals surface area contributed by atoms with Crippen LogP contribution in [-0.4, -0.2) is 25.7 Å². The Kier molecular flexibility index (Phi) is 2.69. The topological polar surface area (TPSA) is 24.1 Å². The molecule has 5 rings (SSSR count). The lowest BCUT2D eigenvalue weighted by molar-refractivity contribution is 0.153. The summed E-state index contributed by atoms with van der Waals surface area (Å²) in [4.78, 5) is 0. The van der Waals surface area contributed by atoms with Crippen LogP contribution in [0.1, 0.15) is 38.5 Å². The average Bonchev–Trinajstić information content (AvgIpc) is 2.92. The van der Waals surface area contributed by atoms with Crippen molar-refractivity contribution in [3.05, 3.63) is 0 Å². The summed E-state index contributed by atoms with van der Waals surface area (Å²) in [6.45, 7) is 3.94. The fraction of sp³-hybridized carbons (Fsp3) is 1.00. The Morgan fingerprint density at radius 3 is 1.94 bits per heavy atom. The molecular weight excluding hydrogens is 208 g/mol. The standard InChI is InChI=1S/C8H13N.C7H13N/c1-2-6-3-5(1)7-4-9-8(6)7;1-2-7-3-6(1)4-8-5-7/h5-9H,1-4H2;6-8H,1-5H2. The van der Waals surface area contributed by atoms with E-state index in [4.69, 9.17) is 0 Å². The zero-order chi connectivity index (χ0) is 11.2. The molecule has 0 aromatic carbocycles. The normalized spacial score (nSPS) is 53.6. The van der Waals surface area contributed by atoms with E-state index in [-0.39, 0.29) is 0 Å². The summed E-state index contributed by atoms with van der Waals surface area (Å²) in [7, 11) is 0. The first-order valence-electron chi connectivity index (χ1n) is 7.84. The number of hydrogen-bond donors (Lipinski definition) is 2. The number of rotatable bonds is 0. The minimum absolute atomic E-state index is 0.976. The number of nitrogens with one attached hydrogen (secondary N) is 2. The van der Waals surface area contributed by atoms with Crippen molar-refractivity contribution in [3.63, 3.8) is 0 Å². The van der Waals surface area contributed by atoms with E-state index in [9.17, 15) is 0 Å². The second kappa shape index (κ2) is 4.24. The van der Waals surface area contributed by atoms with Gasteiger partial charge in [0.15, 0.2) is 0 Å². The third-order valence-corrected chi connectivity index (χ3v) is 6.19. The molecule has 5 fully saturated rings. The molecule has 3 saturated carbocycles. The maximum atomic E-state index is 3.54. The fourth-order valence-corrected chi connectivity index (χ4v) is 5.17. The zero-order valence-electron chi connectivity index (χ0n) is 10.8. The summed E-state index contributed by atoms with van der Waals surface area (Å²) in [5.41, 5.74) is 0. The first-order valence-corrected chi connectivity index (χ1v) is 7.84. The SMILES string of the molecule is C1CC2CC1C1CNC21.C1CC2CNCC1C2. The molecular formula is C15H26N2. The lowest BCUT2D eigenvalue weighted by atomic mass is 9.79. The minimum atomic E-state index is 0.976. The van der Waals surface area contributed by atoms with Gasteiger partial charge in [-0.15, -0.1) is 0 Å². The lowest BCUT2D eigenvalue weighted by Gasteiger charge is -2.41. The van der Waals surface area contributed by atoms with Crippen molar-refractivity contribution in [2.24, 2.45) is 29.6 Å². The summed E-state index contributed by atoms with van der Waals surface area (Å²) < 4.78 is 0. The molecule has 0 aromatic heterocycles. The molecule has 2 nitrogen and oxygen atoms in total. The highest BCUT2D eigenvalue weighted by molar-refractivity contribution is 5.06. The van der Waals surface area contributed by atoms with Gasteiger partial charge in [-0.05, 0) is 87.7 Å². The van der Waals surface area contributed by atoms with Gasteiger partial charge in [0.2, 0.25) is 0 Å². The molecule has 17 heavy (non-hydrogen) atoms. The second-order valence-corrected chi connectivity index (χ2v) is 7.13. The molecule has 5 aliphatic rings. The molecule has 2 saturated heterocycles. The number of hydrogen-bond acceptors (Lipinski definition) is 2. The van der Waals surface area contributed by atoms with Crippen LogP contribution < -0.4 is 10.6 Å². The smallest absolute Gasteiger partial charge is 0.0139 e. The first-order chi connectivity index (χ1) is 8.40. The van der Waals surface area contributed by atoms with Gasteiger partial charge in [0.05, 0.1) is 0 Å². The third kappa shape index (κ3) is 1.84. The van der Waals surface area contributed by atoms with Crippen LogP contribution in [0.4, 0.5) is 0 Å². The Bertz CT molecular complexity index is 257. The molecule has 6 atom stereocenters. The van der Waals surface area contributed by atoms with Crippen LogP contribution in [0.25, 0.3) is 0 Å². The van der Waals surface area contributed by atoms with Gasteiger partial charge in [-0.25, -0.2) is 0 Å². The highest BCUT2D eigenvalue weighted by Crippen LogP contribution is 2.51. The highest BCUT2D eigenvalue weighted by Gasteiger charge is 2.51. The molecule has 2 aliphatic heterocycles. The van der Waals surface area contributed by atoms with Gasteiger partial charge in [-0.3, -0.25) is 0 Å². The van der Waals surface area contributed by atoms with E-state index in [2.05, 4.69) is 10.6 Å². The Hall–Kier alpha value is -0.0800. The average molecular weight is 234 g/mol. The van der Waals surface area contributed by atoms with Crippen molar-refractivity contribution in [2.75, 3.05) is 19.6 Å². The van der Waals surface area contributed by atoms with Gasteiger partial charge < -0.3 is 10.6 Å². The first kappa shape index (κ1) is 10.8. The third-order valence-electron chi connectivity index (χ3n) is 6.19. The van der Waals surface area contributed by atoms with Gasteiger partial charge in [0, 0.05) is 6.04 Å². The van der Waals surface area contributed by atoms with E-state index in [1.165, 1.54) is 45.3 Å². The molecule has 2 N–H and O–H groups in total. The summed E-state index contributed by atoms with van der Waals surface area (Å²) in [6.07, 6.45) is 9.15. The van der Waals surface area contributed by atoms with Gasteiger partial charge in [-0.2, -0.15) is 0 Å². The van der Waals surface area contributed by atoms with E-state index in [0.29, 0.717) is 0 Å². The van der Waals surface area contributed by atoms with Crippen LogP contribution in [-0.2, 0) is 0 Å². The lowest BCUT2D eigenvalue weighted by Crippen LogP contribution is -2.55. The highest BCUT2D eigenvalue weighted by atomic mass is 15.0. The molecule has 2 heterocycles. The van der Waals surface area contributed by atoms with Crippen molar-refractivity contribution >= 4 is 0 Å². The molecule has 4 bridgehead atoms. The van der Waals surface area contributed by atoms with E-state index in [1.807, 2.05) is 0 Å². The Morgan fingerprint density at radius 2 is 1.47 bits per heavy atom. The van der Waals surface area contributed by atoms with Gasteiger partial charge in [0.25, 0.3) is 0 Å². The van der Waals surface area contributed by atoms with Crippen molar-refractivity contribution in [1.29, 1.82) is 0 Å². The minimum Gasteiger partial charge on any atom is -0.316 e. The van der Waals surface area contributed by atoms with Crippen molar-refractivity contribution in [2.45, 2.75) is 44.6 Å². The molecule has 96 valence electrons. The van der Waals surface area contributed by atoms with Crippen LogP contribution in [0.2, 0.25) is 0 Å². The summed E-state index contributed by atoms with van der Waals surface area (Å²) in [6, 6.07) is 0.976. The quantitative estimate of drug-likeness (QED) is 0.670. The predicted octanol–water partition coefficient (Wildman–Crippen LogP) is 2.01. The van der Waals surface area contributed by atoms with Gasteiger partial charge in [0.1, 0.15) is 0 Å². The summed E-state index contributed by atoms with van der Waals surface area (Å²) in [5.74, 6) is 5.45. The fourth-order valence-electron chi connectivity index (χ4n) is 5.17. The molecule has 6 unspecified atom stereocenters. The number of fused-ring (bicyclic) bond motifs is 7. The molecule has 3 aliphatic carbocycles. The molecule has 0 aromatic rings. The van der Waals surface area contributed by atoms with Crippen LogP contribution in [0, 0.1) is 29.6 Å². The van der Waals surface area contributed by atoms with Crippen LogP contribution >= 0.6 is 0 Å². The second-order valence-electron chi connectivity index (χ2n) is 7.13. The Labute approximate surface area is 105 Å². The molecule has 2 heteroatoms. The maximum Gasteiger partial charge on any atom is 0.0139 e. The maximum absolute atomic E-state index is 3.54. The molecule has 0 radical (unpaired) electrons.